The molecule has 1 aromatic carbocycles. The molecule has 152 valence electrons. The number of hydrogen-bond donors (Lipinski definition) is 2. The second-order valence-electron chi connectivity index (χ2n) is 6.15. The van der Waals surface area contributed by atoms with Crippen LogP contribution in [0.3, 0.4) is 0 Å². The number of benzene rings is 1. The third-order valence-electron chi connectivity index (χ3n) is 4.06. The summed E-state index contributed by atoms with van der Waals surface area (Å²) in [5, 5.41) is 13.8. The van der Waals surface area contributed by atoms with Crippen molar-refractivity contribution in [3.63, 3.8) is 0 Å². The van der Waals surface area contributed by atoms with Crippen LogP contribution in [0.2, 0.25) is 5.02 Å². The highest BCUT2D eigenvalue weighted by Gasteiger charge is 2.17. The highest BCUT2D eigenvalue weighted by atomic mass is 79.9. The normalized spacial score (nSPS) is 10.8. The van der Waals surface area contributed by atoms with Gasteiger partial charge in [0.25, 0.3) is 5.91 Å². The van der Waals surface area contributed by atoms with Crippen LogP contribution in [0.5, 0.6) is 0 Å². The lowest BCUT2D eigenvalue weighted by Gasteiger charge is -2.06. The number of halogens is 2. The molecule has 0 aliphatic rings. The second-order valence-corrected chi connectivity index (χ2v) is 7.35. The summed E-state index contributed by atoms with van der Waals surface area (Å²) >= 11 is 9.43. The van der Waals surface area contributed by atoms with E-state index < -0.39 is 5.91 Å². The van der Waals surface area contributed by atoms with Gasteiger partial charge in [-0.2, -0.15) is 10.1 Å². The van der Waals surface area contributed by atoms with E-state index in [1.807, 2.05) is 13.8 Å². The van der Waals surface area contributed by atoms with E-state index in [0.29, 0.717) is 16.4 Å². The minimum Gasteiger partial charge on any atom is -0.350 e. The Morgan fingerprint density at radius 2 is 1.86 bits per heavy atom. The molecular formula is C18H18BrClN6O3. The maximum absolute atomic E-state index is 12.1. The van der Waals surface area contributed by atoms with E-state index in [2.05, 4.69) is 41.8 Å². The molecule has 11 heteroatoms. The zero-order valence-electron chi connectivity index (χ0n) is 15.7. The van der Waals surface area contributed by atoms with Crippen molar-refractivity contribution in [3.8, 4) is 0 Å². The molecule has 0 saturated heterocycles. The molecule has 2 amide bonds. The summed E-state index contributed by atoms with van der Waals surface area (Å²) in [6.07, 6.45) is 0. The Labute approximate surface area is 179 Å². The van der Waals surface area contributed by atoms with Gasteiger partial charge in [0, 0.05) is 13.1 Å². The molecule has 29 heavy (non-hydrogen) atoms. The Kier molecular flexibility index (Phi) is 6.65. The average Bonchev–Trinajstić information content (AvgIpc) is 3.26. The number of carbonyl (C=O) groups is 2. The van der Waals surface area contributed by atoms with Crippen molar-refractivity contribution in [1.82, 2.24) is 30.6 Å². The van der Waals surface area contributed by atoms with Gasteiger partial charge in [-0.25, -0.2) is 0 Å². The first kappa shape index (κ1) is 21.0. The largest absolute Gasteiger partial charge is 0.350 e. The summed E-state index contributed by atoms with van der Waals surface area (Å²) in [5.41, 5.74) is 2.15. The van der Waals surface area contributed by atoms with Crippen LogP contribution in [0.15, 0.2) is 33.3 Å². The molecule has 3 rings (SSSR count). The quantitative estimate of drug-likeness (QED) is 0.501. The number of nitrogens with zero attached hydrogens (tertiary/aromatic N) is 4. The van der Waals surface area contributed by atoms with Gasteiger partial charge in [-0.3, -0.25) is 14.3 Å². The van der Waals surface area contributed by atoms with Gasteiger partial charge >= 0.3 is 11.8 Å². The van der Waals surface area contributed by atoms with E-state index in [-0.39, 0.29) is 31.4 Å². The van der Waals surface area contributed by atoms with Gasteiger partial charge in [-0.05, 0) is 41.9 Å². The standard InChI is InChI=1S/C18H18BrClN6O3/c1-10-15(19)11(2)26(24-10)9-14-23-18(29-25-14)17(28)22-8-7-21-16(27)12-5-3-4-6-13(12)20/h3-6H,7-9H2,1-2H3,(H,21,27)(H,22,28). The lowest BCUT2D eigenvalue weighted by Crippen LogP contribution is -2.34. The van der Waals surface area contributed by atoms with Crippen molar-refractivity contribution in [2.45, 2.75) is 20.4 Å². The smallest absolute Gasteiger partial charge is 0.316 e. The fraction of sp³-hybridized carbons (Fsp3) is 0.278. The van der Waals surface area contributed by atoms with Gasteiger partial charge in [-0.15, -0.1) is 0 Å². The third kappa shape index (κ3) is 5.01. The number of rotatable bonds is 7. The van der Waals surface area contributed by atoms with Crippen LogP contribution in [0.4, 0.5) is 0 Å². The van der Waals surface area contributed by atoms with Crippen molar-refractivity contribution in [2.75, 3.05) is 13.1 Å². The summed E-state index contributed by atoms with van der Waals surface area (Å²) in [6, 6.07) is 6.72. The molecule has 0 saturated carbocycles. The predicted octanol–water partition coefficient (Wildman–Crippen LogP) is 2.51. The van der Waals surface area contributed by atoms with E-state index >= 15 is 0 Å². The van der Waals surface area contributed by atoms with Crippen molar-refractivity contribution < 1.29 is 14.1 Å². The van der Waals surface area contributed by atoms with Crippen molar-refractivity contribution in [1.29, 1.82) is 0 Å². The van der Waals surface area contributed by atoms with Crippen LogP contribution >= 0.6 is 27.5 Å². The molecule has 0 radical (unpaired) electrons. The monoisotopic (exact) mass is 480 g/mol. The molecule has 2 heterocycles. The molecule has 0 spiro atoms. The highest BCUT2D eigenvalue weighted by molar-refractivity contribution is 9.10. The Balaban J connectivity index is 1.48. The first-order chi connectivity index (χ1) is 13.9. The van der Waals surface area contributed by atoms with E-state index in [4.69, 9.17) is 16.1 Å². The second kappa shape index (κ2) is 9.19. The fourth-order valence-electron chi connectivity index (χ4n) is 2.54. The number of nitrogens with one attached hydrogen (secondary N) is 2. The van der Waals surface area contributed by atoms with Gasteiger partial charge in [0.2, 0.25) is 0 Å². The summed E-state index contributed by atoms with van der Waals surface area (Å²) in [7, 11) is 0. The number of aromatic nitrogens is 4. The SMILES string of the molecule is Cc1nn(Cc2noc(C(=O)NCCNC(=O)c3ccccc3Cl)n2)c(C)c1Br. The average molecular weight is 482 g/mol. The summed E-state index contributed by atoms with van der Waals surface area (Å²) < 4.78 is 7.64. The first-order valence-electron chi connectivity index (χ1n) is 8.70. The van der Waals surface area contributed by atoms with Crippen molar-refractivity contribution in [3.05, 3.63) is 62.4 Å². The molecule has 0 aliphatic heterocycles. The summed E-state index contributed by atoms with van der Waals surface area (Å²) in [5.74, 6) is -0.662. The number of hydrogen-bond acceptors (Lipinski definition) is 6. The maximum atomic E-state index is 12.1. The van der Waals surface area contributed by atoms with E-state index in [0.717, 1.165) is 15.9 Å². The lowest BCUT2D eigenvalue weighted by molar-refractivity contribution is 0.0898. The zero-order valence-corrected chi connectivity index (χ0v) is 18.0. The Hall–Kier alpha value is -2.72. The molecule has 0 bridgehead atoms. The first-order valence-corrected chi connectivity index (χ1v) is 9.87. The van der Waals surface area contributed by atoms with E-state index in [9.17, 15) is 9.59 Å². The maximum Gasteiger partial charge on any atom is 0.316 e. The molecule has 0 atom stereocenters. The topological polar surface area (TPSA) is 115 Å². The molecule has 0 fully saturated rings. The molecule has 2 N–H and O–H groups in total. The van der Waals surface area contributed by atoms with Crippen molar-refractivity contribution >= 4 is 39.3 Å². The van der Waals surface area contributed by atoms with E-state index in [1.165, 1.54) is 0 Å². The van der Waals surface area contributed by atoms with Crippen molar-refractivity contribution in [2.24, 2.45) is 0 Å². The molecule has 0 aliphatic carbocycles. The van der Waals surface area contributed by atoms with Gasteiger partial charge in [0.15, 0.2) is 5.82 Å². The van der Waals surface area contributed by atoms with E-state index in [1.54, 1.807) is 28.9 Å². The molecule has 0 unspecified atom stereocenters. The van der Waals surface area contributed by atoms with Crippen LogP contribution in [0.25, 0.3) is 0 Å². The van der Waals surface area contributed by atoms with Crippen LogP contribution in [-0.2, 0) is 6.54 Å². The Morgan fingerprint density at radius 3 is 2.52 bits per heavy atom. The van der Waals surface area contributed by atoms with Crippen LogP contribution in [-0.4, -0.2) is 44.8 Å². The number of amides is 2. The lowest BCUT2D eigenvalue weighted by atomic mass is 10.2. The third-order valence-corrected chi connectivity index (χ3v) is 5.54. The minimum absolute atomic E-state index is 0.155. The number of aryl methyl sites for hydroxylation is 1. The van der Waals surface area contributed by atoms with Gasteiger partial charge in [0.1, 0.15) is 6.54 Å². The predicted molar refractivity (Wildman–Crippen MR) is 109 cm³/mol. The molecule has 9 nitrogen and oxygen atoms in total. The highest BCUT2D eigenvalue weighted by Crippen LogP contribution is 2.20. The Morgan fingerprint density at radius 1 is 1.17 bits per heavy atom. The number of carbonyl (C=O) groups excluding carboxylic acids is 2. The van der Waals surface area contributed by atoms with Gasteiger partial charge in [-0.1, -0.05) is 28.9 Å². The molecule has 3 aromatic rings. The zero-order chi connectivity index (χ0) is 21.0. The van der Waals surface area contributed by atoms with Gasteiger partial charge < -0.3 is 15.2 Å². The fourth-order valence-corrected chi connectivity index (χ4v) is 3.05. The minimum atomic E-state index is -0.523. The van der Waals surface area contributed by atoms with Crippen LogP contribution < -0.4 is 10.6 Å². The van der Waals surface area contributed by atoms with Gasteiger partial charge in [0.05, 0.1) is 26.4 Å². The summed E-state index contributed by atoms with van der Waals surface area (Å²) in [4.78, 5) is 28.3. The Bertz CT molecular complexity index is 1050. The summed E-state index contributed by atoms with van der Waals surface area (Å²) in [6.45, 7) is 4.48. The van der Waals surface area contributed by atoms with Crippen LogP contribution in [0.1, 0.15) is 38.3 Å². The molecular weight excluding hydrogens is 464 g/mol. The molecule has 2 aromatic heterocycles. The van der Waals surface area contributed by atoms with Crippen LogP contribution in [0, 0.1) is 13.8 Å².